The summed E-state index contributed by atoms with van der Waals surface area (Å²) in [6.45, 7) is 0.852. The number of hydrogen-bond acceptors (Lipinski definition) is 5. The van der Waals surface area contributed by atoms with E-state index in [4.69, 9.17) is 10.2 Å². The van der Waals surface area contributed by atoms with Gasteiger partial charge in [-0.3, -0.25) is 14.5 Å². The molecule has 2 fully saturated rings. The molecule has 0 heterocycles. The van der Waals surface area contributed by atoms with Gasteiger partial charge >= 0.3 is 5.97 Å². The summed E-state index contributed by atoms with van der Waals surface area (Å²) in [6.07, 6.45) is 3.78. The van der Waals surface area contributed by atoms with Gasteiger partial charge in [0.05, 0.1) is 12.3 Å². The zero-order valence-electron chi connectivity index (χ0n) is 15.0. The van der Waals surface area contributed by atoms with Crippen LogP contribution < -0.4 is 10.5 Å². The van der Waals surface area contributed by atoms with Gasteiger partial charge in [0.1, 0.15) is 0 Å². The minimum absolute atomic E-state index is 0.0000970. The first kappa shape index (κ1) is 19.8. The van der Waals surface area contributed by atoms with Crippen molar-refractivity contribution in [2.24, 2.45) is 11.1 Å². The Morgan fingerprint density at radius 2 is 1.96 bits per heavy atom. The molecule has 27 heavy (non-hydrogen) atoms. The van der Waals surface area contributed by atoms with Gasteiger partial charge in [-0.1, -0.05) is 12.1 Å². The average molecular weight is 395 g/mol. The summed E-state index contributed by atoms with van der Waals surface area (Å²) in [5.74, 6) is -0.790. The number of sulfonamides is 1. The third-order valence-corrected chi connectivity index (χ3v) is 5.79. The number of hydrogen-bond donors (Lipinski definition) is 3. The van der Waals surface area contributed by atoms with Crippen molar-refractivity contribution in [3.8, 4) is 0 Å². The van der Waals surface area contributed by atoms with Gasteiger partial charge < -0.3 is 10.4 Å². The van der Waals surface area contributed by atoms with E-state index >= 15 is 0 Å². The molecule has 4 N–H and O–H groups in total. The molecule has 0 spiro atoms. The summed E-state index contributed by atoms with van der Waals surface area (Å²) in [7, 11) is -3.65. The Morgan fingerprint density at radius 1 is 1.26 bits per heavy atom. The lowest BCUT2D eigenvalue weighted by molar-refractivity contribution is -0.139. The SMILES string of the molecule is NS(=O)(=O)Cc1cccc(C(=O)NC2CC(N(CC(=O)O)CC3CC3)C2)c1. The minimum atomic E-state index is -3.65. The number of carboxylic acid groups (broad SMARTS) is 1. The van der Waals surface area contributed by atoms with Gasteiger partial charge in [0.15, 0.2) is 0 Å². The number of carbonyl (C=O) groups is 2. The van der Waals surface area contributed by atoms with Gasteiger partial charge in [-0.05, 0) is 49.3 Å². The number of nitrogens with two attached hydrogens (primary N) is 1. The molecule has 1 aromatic rings. The van der Waals surface area contributed by atoms with Crippen molar-refractivity contribution >= 4 is 21.9 Å². The summed E-state index contributed by atoms with van der Waals surface area (Å²) in [4.78, 5) is 25.5. The molecule has 1 aromatic carbocycles. The molecule has 3 rings (SSSR count). The Morgan fingerprint density at radius 3 is 2.56 bits per heavy atom. The Hall–Kier alpha value is -1.97. The van der Waals surface area contributed by atoms with Crippen LogP contribution in [0.2, 0.25) is 0 Å². The Labute approximate surface area is 158 Å². The first-order valence-electron chi connectivity index (χ1n) is 9.06. The maximum absolute atomic E-state index is 12.4. The quantitative estimate of drug-likeness (QED) is 0.559. The van der Waals surface area contributed by atoms with E-state index in [1.54, 1.807) is 18.2 Å². The molecule has 9 heteroatoms. The molecule has 2 saturated carbocycles. The van der Waals surface area contributed by atoms with Crippen LogP contribution in [0.5, 0.6) is 0 Å². The van der Waals surface area contributed by atoms with Crippen LogP contribution in [-0.2, 0) is 20.6 Å². The second-order valence-electron chi connectivity index (χ2n) is 7.57. The van der Waals surface area contributed by atoms with E-state index in [1.165, 1.54) is 6.07 Å². The molecule has 0 bridgehead atoms. The number of carbonyl (C=O) groups excluding carboxylic acids is 1. The van der Waals surface area contributed by atoms with Crippen molar-refractivity contribution in [1.82, 2.24) is 10.2 Å². The number of primary sulfonamides is 1. The van der Waals surface area contributed by atoms with Crippen LogP contribution in [0.15, 0.2) is 24.3 Å². The summed E-state index contributed by atoms with van der Waals surface area (Å²) in [5, 5.41) is 17.1. The molecule has 0 saturated heterocycles. The van der Waals surface area contributed by atoms with Crippen LogP contribution >= 0.6 is 0 Å². The summed E-state index contributed by atoms with van der Waals surface area (Å²) in [6, 6.07) is 6.58. The summed E-state index contributed by atoms with van der Waals surface area (Å²) in [5.41, 5.74) is 0.855. The highest BCUT2D eigenvalue weighted by atomic mass is 32.2. The van der Waals surface area contributed by atoms with Crippen molar-refractivity contribution in [3.05, 3.63) is 35.4 Å². The van der Waals surface area contributed by atoms with Crippen LogP contribution in [0.25, 0.3) is 0 Å². The predicted octanol–water partition coefficient (Wildman–Crippen LogP) is 0.533. The molecule has 0 unspecified atom stereocenters. The number of benzene rings is 1. The standard InChI is InChI=1S/C18H25N3O5S/c19-27(25,26)11-13-2-1-3-14(6-13)18(24)20-15-7-16(8-15)21(10-17(22)23)9-12-4-5-12/h1-3,6,12,15-16H,4-5,7-11H2,(H,20,24)(H,22,23)(H2,19,25,26). The minimum Gasteiger partial charge on any atom is -0.480 e. The zero-order valence-corrected chi connectivity index (χ0v) is 15.8. The van der Waals surface area contributed by atoms with Crippen molar-refractivity contribution in [3.63, 3.8) is 0 Å². The number of aliphatic carboxylic acids is 1. The van der Waals surface area contributed by atoms with Crippen molar-refractivity contribution < 1.29 is 23.1 Å². The fraction of sp³-hybridized carbons (Fsp3) is 0.556. The van der Waals surface area contributed by atoms with E-state index < -0.39 is 16.0 Å². The maximum Gasteiger partial charge on any atom is 0.317 e. The molecule has 0 radical (unpaired) electrons. The summed E-state index contributed by atoms with van der Waals surface area (Å²) >= 11 is 0. The third kappa shape index (κ3) is 6.02. The van der Waals surface area contributed by atoms with Crippen molar-refractivity contribution in [2.75, 3.05) is 13.1 Å². The topological polar surface area (TPSA) is 130 Å². The van der Waals surface area contributed by atoms with E-state index in [2.05, 4.69) is 5.32 Å². The predicted molar refractivity (Wildman–Crippen MR) is 99.5 cm³/mol. The highest BCUT2D eigenvalue weighted by molar-refractivity contribution is 7.88. The van der Waals surface area contributed by atoms with Crippen LogP contribution in [0.1, 0.15) is 41.6 Å². The van der Waals surface area contributed by atoms with E-state index in [1.807, 2.05) is 4.90 Å². The van der Waals surface area contributed by atoms with E-state index in [-0.39, 0.29) is 30.3 Å². The molecule has 2 aliphatic carbocycles. The lowest BCUT2D eigenvalue weighted by atomic mass is 9.85. The largest absolute Gasteiger partial charge is 0.480 e. The number of carboxylic acids is 1. The normalized spacial score (nSPS) is 22.3. The van der Waals surface area contributed by atoms with E-state index in [0.29, 0.717) is 17.0 Å². The molecule has 0 aliphatic heterocycles. The van der Waals surface area contributed by atoms with E-state index in [9.17, 15) is 18.0 Å². The smallest absolute Gasteiger partial charge is 0.317 e. The Kier molecular flexibility index (Phi) is 5.83. The second-order valence-corrected chi connectivity index (χ2v) is 9.18. The lowest BCUT2D eigenvalue weighted by Gasteiger charge is -2.42. The molecule has 1 amide bonds. The highest BCUT2D eigenvalue weighted by Gasteiger charge is 2.37. The van der Waals surface area contributed by atoms with Gasteiger partial charge in [-0.2, -0.15) is 0 Å². The number of nitrogens with one attached hydrogen (secondary N) is 1. The van der Waals surface area contributed by atoms with Gasteiger partial charge in [-0.25, -0.2) is 13.6 Å². The van der Waals surface area contributed by atoms with Crippen molar-refractivity contribution in [2.45, 2.75) is 43.5 Å². The first-order chi connectivity index (χ1) is 12.7. The summed E-state index contributed by atoms with van der Waals surface area (Å²) < 4.78 is 22.4. The maximum atomic E-state index is 12.4. The van der Waals surface area contributed by atoms with Crippen LogP contribution in [0.4, 0.5) is 0 Å². The monoisotopic (exact) mass is 395 g/mol. The number of amides is 1. The molecular formula is C18H25N3O5S. The molecule has 0 aromatic heterocycles. The van der Waals surface area contributed by atoms with Gasteiger partial charge in [-0.15, -0.1) is 0 Å². The van der Waals surface area contributed by atoms with E-state index in [0.717, 1.165) is 32.2 Å². The molecule has 8 nitrogen and oxygen atoms in total. The molecule has 2 aliphatic rings. The third-order valence-electron chi connectivity index (χ3n) is 5.05. The Bertz CT molecular complexity index is 816. The van der Waals surface area contributed by atoms with Gasteiger partial charge in [0.25, 0.3) is 5.91 Å². The highest BCUT2D eigenvalue weighted by Crippen LogP contribution is 2.33. The fourth-order valence-corrected chi connectivity index (χ4v) is 4.10. The van der Waals surface area contributed by atoms with Crippen LogP contribution in [0.3, 0.4) is 0 Å². The van der Waals surface area contributed by atoms with Crippen LogP contribution in [0, 0.1) is 5.92 Å². The number of rotatable bonds is 9. The number of nitrogens with zero attached hydrogens (tertiary/aromatic N) is 1. The van der Waals surface area contributed by atoms with Gasteiger partial charge in [0.2, 0.25) is 10.0 Å². The second kappa shape index (κ2) is 7.95. The van der Waals surface area contributed by atoms with Gasteiger partial charge in [0, 0.05) is 24.2 Å². The molecule has 0 atom stereocenters. The van der Waals surface area contributed by atoms with Crippen LogP contribution in [-0.4, -0.2) is 55.5 Å². The average Bonchev–Trinajstić information content (AvgIpc) is 3.31. The molecule has 148 valence electrons. The first-order valence-corrected chi connectivity index (χ1v) is 10.8. The zero-order chi connectivity index (χ0) is 19.6. The molecular weight excluding hydrogens is 370 g/mol. The van der Waals surface area contributed by atoms with Crippen molar-refractivity contribution in [1.29, 1.82) is 0 Å². The lowest BCUT2D eigenvalue weighted by Crippen LogP contribution is -2.55. The fourth-order valence-electron chi connectivity index (χ4n) is 3.46. The Balaban J connectivity index is 1.52.